The van der Waals surface area contributed by atoms with Gasteiger partial charge in [-0.3, -0.25) is 9.59 Å². The molecule has 0 spiro atoms. The molecule has 0 radical (unpaired) electrons. The first-order valence-corrected chi connectivity index (χ1v) is 12.8. The van der Waals surface area contributed by atoms with Crippen LogP contribution in [0.2, 0.25) is 0 Å². The molecule has 0 saturated carbocycles. The average Bonchev–Trinajstić information content (AvgIpc) is 3.28. The molecule has 3 aromatic carbocycles. The number of carbonyl (C=O) groups is 2. The summed E-state index contributed by atoms with van der Waals surface area (Å²) in [6.45, 7) is 5.57. The first-order chi connectivity index (χ1) is 18.0. The number of benzene rings is 3. The van der Waals surface area contributed by atoms with Crippen LogP contribution in [0.1, 0.15) is 46.9 Å². The smallest absolute Gasteiger partial charge is 0.316 e. The van der Waals surface area contributed by atoms with Crippen molar-refractivity contribution >= 4 is 22.8 Å². The van der Waals surface area contributed by atoms with E-state index in [-0.39, 0.29) is 11.9 Å². The van der Waals surface area contributed by atoms with E-state index in [1.54, 1.807) is 0 Å². The van der Waals surface area contributed by atoms with Crippen molar-refractivity contribution in [2.75, 3.05) is 19.7 Å². The largest absolute Gasteiger partial charge is 0.489 e. The number of likely N-dealkylation sites (tertiary alicyclic amines) is 1. The lowest BCUT2D eigenvalue weighted by atomic mass is 9.72. The van der Waals surface area contributed by atoms with Crippen LogP contribution in [0.4, 0.5) is 0 Å². The maximum Gasteiger partial charge on any atom is 0.316 e. The molecule has 1 N–H and O–H groups in total. The van der Waals surface area contributed by atoms with Gasteiger partial charge in [-0.25, -0.2) is 0 Å². The minimum Gasteiger partial charge on any atom is -0.489 e. The van der Waals surface area contributed by atoms with E-state index in [9.17, 15) is 9.59 Å². The summed E-state index contributed by atoms with van der Waals surface area (Å²) in [5, 5.41) is 0.969. The number of rotatable bonds is 7. The van der Waals surface area contributed by atoms with E-state index in [4.69, 9.17) is 9.47 Å². The Bertz CT molecular complexity index is 1390. The third-order valence-electron chi connectivity index (χ3n) is 7.39. The van der Waals surface area contributed by atoms with Gasteiger partial charge in [-0.05, 0) is 61.6 Å². The number of carbonyl (C=O) groups excluding carboxylic acids is 2. The van der Waals surface area contributed by atoms with Crippen LogP contribution in [0.3, 0.4) is 0 Å². The molecule has 0 bridgehead atoms. The second-order valence-corrected chi connectivity index (χ2v) is 9.57. The summed E-state index contributed by atoms with van der Waals surface area (Å²) in [4.78, 5) is 31.8. The molecule has 2 heterocycles. The number of H-pyrrole nitrogens is 1. The van der Waals surface area contributed by atoms with E-state index in [0.717, 1.165) is 33.3 Å². The van der Waals surface area contributed by atoms with Gasteiger partial charge in [0.15, 0.2) is 0 Å². The van der Waals surface area contributed by atoms with Crippen molar-refractivity contribution in [3.63, 3.8) is 0 Å². The SMILES string of the molecule is CCOC(=O)C1(c2ccccc2)CCN(C(=O)c2[nH]c3ccc(OCc4ccccc4)cc3c2C)CC1. The normalized spacial score (nSPS) is 14.9. The van der Waals surface area contributed by atoms with Gasteiger partial charge in [-0.2, -0.15) is 0 Å². The van der Waals surface area contributed by atoms with Crippen LogP contribution in [-0.2, 0) is 21.6 Å². The molecule has 1 amide bonds. The third-order valence-corrected chi connectivity index (χ3v) is 7.39. The summed E-state index contributed by atoms with van der Waals surface area (Å²) in [7, 11) is 0. The van der Waals surface area contributed by atoms with Gasteiger partial charge in [0.05, 0.1) is 12.0 Å². The maximum atomic E-state index is 13.6. The van der Waals surface area contributed by atoms with Crippen LogP contribution < -0.4 is 4.74 Å². The number of fused-ring (bicyclic) bond motifs is 1. The third kappa shape index (κ3) is 4.84. The molecule has 0 atom stereocenters. The summed E-state index contributed by atoms with van der Waals surface area (Å²) in [6, 6.07) is 25.7. The van der Waals surface area contributed by atoms with Crippen LogP contribution in [0, 0.1) is 6.92 Å². The van der Waals surface area contributed by atoms with Crippen molar-refractivity contribution in [3.8, 4) is 5.75 Å². The Balaban J connectivity index is 1.33. The average molecular weight is 497 g/mol. The molecule has 5 rings (SSSR count). The number of amides is 1. The summed E-state index contributed by atoms with van der Waals surface area (Å²) < 4.78 is 11.5. The highest BCUT2D eigenvalue weighted by Crippen LogP contribution is 2.38. The maximum absolute atomic E-state index is 13.6. The Morgan fingerprint density at radius 2 is 1.62 bits per heavy atom. The summed E-state index contributed by atoms with van der Waals surface area (Å²) >= 11 is 0. The highest BCUT2D eigenvalue weighted by Gasteiger charge is 2.45. The quantitative estimate of drug-likeness (QED) is 0.329. The van der Waals surface area contributed by atoms with Crippen LogP contribution in [0.25, 0.3) is 10.9 Å². The second kappa shape index (κ2) is 10.5. The molecule has 6 nitrogen and oxygen atoms in total. The summed E-state index contributed by atoms with van der Waals surface area (Å²) in [5.41, 5.74) is 3.70. The number of nitrogens with one attached hydrogen (secondary N) is 1. The number of hydrogen-bond donors (Lipinski definition) is 1. The molecule has 37 heavy (non-hydrogen) atoms. The lowest BCUT2D eigenvalue weighted by Crippen LogP contribution is -2.49. The van der Waals surface area contributed by atoms with Gasteiger partial charge in [0, 0.05) is 24.0 Å². The minimum absolute atomic E-state index is 0.0500. The first kappa shape index (κ1) is 24.6. The molecule has 190 valence electrons. The van der Waals surface area contributed by atoms with Crippen LogP contribution in [0.15, 0.2) is 78.9 Å². The molecule has 1 aliphatic rings. The Hall–Kier alpha value is -4.06. The van der Waals surface area contributed by atoms with E-state index >= 15 is 0 Å². The zero-order chi connectivity index (χ0) is 25.8. The van der Waals surface area contributed by atoms with Crippen LogP contribution in [0.5, 0.6) is 5.75 Å². The van der Waals surface area contributed by atoms with Gasteiger partial charge in [0.2, 0.25) is 0 Å². The predicted octanol–water partition coefficient (Wildman–Crippen LogP) is 5.79. The van der Waals surface area contributed by atoms with Crippen molar-refractivity contribution in [1.82, 2.24) is 9.88 Å². The molecule has 6 heteroatoms. The van der Waals surface area contributed by atoms with E-state index < -0.39 is 5.41 Å². The fraction of sp³-hybridized carbons (Fsp3) is 0.290. The lowest BCUT2D eigenvalue weighted by Gasteiger charge is -2.40. The van der Waals surface area contributed by atoms with Gasteiger partial charge in [-0.15, -0.1) is 0 Å². The number of piperidine rings is 1. The van der Waals surface area contributed by atoms with Crippen LogP contribution >= 0.6 is 0 Å². The van der Waals surface area contributed by atoms with E-state index in [2.05, 4.69) is 4.98 Å². The van der Waals surface area contributed by atoms with Crippen molar-refractivity contribution in [3.05, 3.63) is 101 Å². The van der Waals surface area contributed by atoms with Crippen molar-refractivity contribution in [2.24, 2.45) is 0 Å². The van der Waals surface area contributed by atoms with E-state index in [1.807, 2.05) is 97.6 Å². The Morgan fingerprint density at radius 3 is 2.30 bits per heavy atom. The first-order valence-electron chi connectivity index (χ1n) is 12.8. The Kier molecular flexibility index (Phi) is 6.99. The van der Waals surface area contributed by atoms with Gasteiger partial charge >= 0.3 is 5.97 Å². The number of aromatic nitrogens is 1. The molecule has 1 saturated heterocycles. The predicted molar refractivity (Wildman–Crippen MR) is 144 cm³/mol. The van der Waals surface area contributed by atoms with E-state index in [1.165, 1.54) is 0 Å². The van der Waals surface area contributed by atoms with Gasteiger partial charge < -0.3 is 19.4 Å². The molecule has 4 aromatic rings. The van der Waals surface area contributed by atoms with Gasteiger partial charge in [-0.1, -0.05) is 60.7 Å². The van der Waals surface area contributed by atoms with Crippen molar-refractivity contribution < 1.29 is 19.1 Å². The standard InChI is InChI=1S/C31H32N2O4/c1-3-36-30(35)31(24-12-8-5-9-13-24)16-18-33(19-17-31)29(34)28-22(2)26-20-25(14-15-27(26)32-28)37-21-23-10-6-4-7-11-23/h4-15,20,32H,3,16-19,21H2,1-2H3. The van der Waals surface area contributed by atoms with E-state index in [0.29, 0.717) is 44.8 Å². The summed E-state index contributed by atoms with van der Waals surface area (Å²) in [5.74, 6) is 0.501. The molecule has 1 aliphatic heterocycles. The molecule has 0 aliphatic carbocycles. The lowest BCUT2D eigenvalue weighted by molar-refractivity contribution is -0.152. The molecule has 1 fully saturated rings. The number of ether oxygens (including phenoxy) is 2. The highest BCUT2D eigenvalue weighted by molar-refractivity contribution is 6.01. The monoisotopic (exact) mass is 496 g/mol. The number of aryl methyl sites for hydroxylation is 1. The zero-order valence-corrected chi connectivity index (χ0v) is 21.3. The number of nitrogens with zero attached hydrogens (tertiary/aromatic N) is 1. The molecular formula is C31H32N2O4. The molecule has 1 aromatic heterocycles. The molecular weight excluding hydrogens is 464 g/mol. The number of esters is 1. The van der Waals surface area contributed by atoms with Gasteiger partial charge in [0.1, 0.15) is 18.1 Å². The molecule has 0 unspecified atom stereocenters. The fourth-order valence-corrected chi connectivity index (χ4v) is 5.24. The highest BCUT2D eigenvalue weighted by atomic mass is 16.5. The Labute approximate surface area is 217 Å². The fourth-order valence-electron chi connectivity index (χ4n) is 5.24. The van der Waals surface area contributed by atoms with Crippen molar-refractivity contribution in [1.29, 1.82) is 0 Å². The van der Waals surface area contributed by atoms with Gasteiger partial charge in [0.25, 0.3) is 5.91 Å². The van der Waals surface area contributed by atoms with Crippen molar-refractivity contribution in [2.45, 2.75) is 38.7 Å². The minimum atomic E-state index is -0.728. The zero-order valence-electron chi connectivity index (χ0n) is 21.3. The second-order valence-electron chi connectivity index (χ2n) is 9.57. The number of aromatic amines is 1. The Morgan fingerprint density at radius 1 is 0.946 bits per heavy atom. The topological polar surface area (TPSA) is 71.6 Å². The van der Waals surface area contributed by atoms with Crippen LogP contribution in [-0.4, -0.2) is 41.5 Å². The number of hydrogen-bond acceptors (Lipinski definition) is 4. The summed E-state index contributed by atoms with van der Waals surface area (Å²) in [6.07, 6.45) is 1.05.